The van der Waals surface area contributed by atoms with E-state index in [4.69, 9.17) is 4.74 Å². The average molecular weight is 330 g/mol. The fraction of sp³-hybridized carbons (Fsp3) is 0.250. The summed E-state index contributed by atoms with van der Waals surface area (Å²) in [5.74, 6) is 0. The van der Waals surface area contributed by atoms with E-state index in [1.807, 2.05) is 18.6 Å². The smallest absolute Gasteiger partial charge is 0.316 e. The van der Waals surface area contributed by atoms with Crippen LogP contribution in [0.2, 0.25) is 0 Å². The van der Waals surface area contributed by atoms with Gasteiger partial charge in [-0.05, 0) is 55.0 Å². The molecule has 3 heterocycles. The largest absolute Gasteiger partial charge is 0.467 e. The van der Waals surface area contributed by atoms with E-state index in [2.05, 4.69) is 38.1 Å². The molecule has 1 aromatic carbocycles. The summed E-state index contributed by atoms with van der Waals surface area (Å²) in [6.07, 6.45) is 10.2. The molecule has 3 aromatic heterocycles. The number of nitrogens with one attached hydrogen (secondary N) is 1. The van der Waals surface area contributed by atoms with Crippen molar-refractivity contribution in [2.75, 3.05) is 7.11 Å². The first-order valence-corrected chi connectivity index (χ1v) is 8.62. The number of pyridine rings is 1. The quantitative estimate of drug-likeness (QED) is 0.602. The topological polar surface area (TPSA) is 63.7 Å². The Morgan fingerprint density at radius 2 is 1.76 bits per heavy atom. The van der Waals surface area contributed by atoms with E-state index in [0.717, 1.165) is 35.1 Å². The fourth-order valence-corrected chi connectivity index (χ4v) is 3.98. The molecular weight excluding hydrogens is 312 g/mol. The van der Waals surface area contributed by atoms with Crippen LogP contribution in [0.3, 0.4) is 0 Å². The molecule has 0 unspecified atom stereocenters. The lowest BCUT2D eigenvalue weighted by Gasteiger charge is -2.22. The molecule has 0 spiro atoms. The van der Waals surface area contributed by atoms with Crippen molar-refractivity contribution in [2.24, 2.45) is 0 Å². The maximum Gasteiger partial charge on any atom is 0.316 e. The summed E-state index contributed by atoms with van der Waals surface area (Å²) in [5, 5.41) is 2.56. The molecule has 1 aliphatic rings. The van der Waals surface area contributed by atoms with E-state index < -0.39 is 0 Å². The van der Waals surface area contributed by atoms with Crippen molar-refractivity contribution in [3.63, 3.8) is 0 Å². The summed E-state index contributed by atoms with van der Waals surface area (Å²) in [6, 6.07) is 6.73. The first-order valence-electron chi connectivity index (χ1n) is 8.62. The number of methoxy groups -OCH3 is 1. The van der Waals surface area contributed by atoms with Gasteiger partial charge in [0.05, 0.1) is 18.3 Å². The molecule has 0 bridgehead atoms. The average Bonchev–Trinajstić information content (AvgIpc) is 3.16. The molecule has 1 N–H and O–H groups in total. The lowest BCUT2D eigenvalue weighted by Crippen LogP contribution is -2.08. The third-order valence-corrected chi connectivity index (χ3v) is 5.11. The Morgan fingerprint density at radius 1 is 0.960 bits per heavy atom. The second-order valence-electron chi connectivity index (χ2n) is 6.49. The van der Waals surface area contributed by atoms with E-state index in [9.17, 15) is 0 Å². The lowest BCUT2D eigenvalue weighted by atomic mass is 9.86. The minimum Gasteiger partial charge on any atom is -0.467 e. The maximum absolute atomic E-state index is 5.09. The van der Waals surface area contributed by atoms with Crippen molar-refractivity contribution in [3.05, 3.63) is 47.9 Å². The van der Waals surface area contributed by atoms with Crippen molar-refractivity contribution in [1.82, 2.24) is 19.9 Å². The van der Waals surface area contributed by atoms with Crippen LogP contribution in [0.15, 0.2) is 36.8 Å². The summed E-state index contributed by atoms with van der Waals surface area (Å²) < 4.78 is 5.09. The third kappa shape index (κ3) is 2.19. The maximum atomic E-state index is 5.09. The molecule has 0 fully saturated rings. The SMILES string of the molecule is COc1ncc(-c2[nH]c3ccc4nccc4c3c3c2CCCC3)cn1. The molecule has 5 nitrogen and oxygen atoms in total. The van der Waals surface area contributed by atoms with Crippen LogP contribution in [0.4, 0.5) is 0 Å². The summed E-state index contributed by atoms with van der Waals surface area (Å²) in [6.45, 7) is 0. The number of aryl methyl sites for hydroxylation is 1. The normalized spacial score (nSPS) is 14.0. The van der Waals surface area contributed by atoms with Gasteiger partial charge in [-0.25, -0.2) is 9.97 Å². The highest BCUT2D eigenvalue weighted by atomic mass is 16.5. The van der Waals surface area contributed by atoms with Crippen molar-refractivity contribution >= 4 is 21.8 Å². The Bertz CT molecular complexity index is 1080. The molecule has 0 saturated heterocycles. The van der Waals surface area contributed by atoms with E-state index in [-0.39, 0.29) is 0 Å². The summed E-state index contributed by atoms with van der Waals surface area (Å²) in [4.78, 5) is 16.7. The van der Waals surface area contributed by atoms with Crippen molar-refractivity contribution in [2.45, 2.75) is 25.7 Å². The highest BCUT2D eigenvalue weighted by Gasteiger charge is 2.20. The van der Waals surface area contributed by atoms with Crippen LogP contribution in [-0.4, -0.2) is 27.0 Å². The van der Waals surface area contributed by atoms with Crippen LogP contribution in [0, 0.1) is 0 Å². The number of fused-ring (bicyclic) bond motifs is 5. The predicted molar refractivity (Wildman–Crippen MR) is 97.8 cm³/mol. The van der Waals surface area contributed by atoms with Gasteiger partial charge in [-0.2, -0.15) is 0 Å². The van der Waals surface area contributed by atoms with Crippen LogP contribution in [0.1, 0.15) is 24.0 Å². The highest BCUT2D eigenvalue weighted by Crippen LogP contribution is 2.37. The highest BCUT2D eigenvalue weighted by molar-refractivity contribution is 6.08. The number of hydrogen-bond acceptors (Lipinski definition) is 4. The Hall–Kier alpha value is -2.95. The summed E-state index contributed by atoms with van der Waals surface area (Å²) in [5.41, 5.74) is 7.18. The van der Waals surface area contributed by atoms with Gasteiger partial charge < -0.3 is 9.72 Å². The molecule has 25 heavy (non-hydrogen) atoms. The van der Waals surface area contributed by atoms with Gasteiger partial charge in [0.2, 0.25) is 0 Å². The first-order chi connectivity index (χ1) is 12.3. The Balaban J connectivity index is 1.83. The molecule has 0 radical (unpaired) electrons. The van der Waals surface area contributed by atoms with Gasteiger partial charge in [0, 0.05) is 40.4 Å². The van der Waals surface area contributed by atoms with E-state index in [1.54, 1.807) is 7.11 Å². The second-order valence-corrected chi connectivity index (χ2v) is 6.49. The second kappa shape index (κ2) is 5.55. The lowest BCUT2D eigenvalue weighted by molar-refractivity contribution is 0.380. The summed E-state index contributed by atoms with van der Waals surface area (Å²) in [7, 11) is 1.58. The van der Waals surface area contributed by atoms with Gasteiger partial charge in [-0.15, -0.1) is 0 Å². The summed E-state index contributed by atoms with van der Waals surface area (Å²) >= 11 is 0. The molecule has 0 aliphatic heterocycles. The molecule has 0 amide bonds. The zero-order valence-corrected chi connectivity index (χ0v) is 14.0. The van der Waals surface area contributed by atoms with Gasteiger partial charge >= 0.3 is 6.01 Å². The zero-order valence-electron chi connectivity index (χ0n) is 14.0. The number of nitrogens with zero attached hydrogens (tertiary/aromatic N) is 3. The molecule has 1 aliphatic carbocycles. The number of H-pyrrole nitrogens is 1. The van der Waals surface area contributed by atoms with Gasteiger partial charge in [-0.1, -0.05) is 0 Å². The molecule has 5 rings (SSSR count). The minimum atomic E-state index is 0.392. The van der Waals surface area contributed by atoms with Gasteiger partial charge in [-0.3, -0.25) is 4.98 Å². The predicted octanol–water partition coefficient (Wildman–Crippen LogP) is 4.06. The van der Waals surface area contributed by atoms with Crippen LogP contribution < -0.4 is 4.74 Å². The Labute approximate surface area is 145 Å². The van der Waals surface area contributed by atoms with E-state index >= 15 is 0 Å². The number of ether oxygens (including phenoxy) is 1. The number of aromatic nitrogens is 4. The van der Waals surface area contributed by atoms with Crippen molar-refractivity contribution in [3.8, 4) is 17.3 Å². The van der Waals surface area contributed by atoms with Crippen LogP contribution in [0.25, 0.3) is 33.1 Å². The molecule has 0 atom stereocenters. The number of benzene rings is 1. The Morgan fingerprint density at radius 3 is 2.56 bits per heavy atom. The van der Waals surface area contributed by atoms with Gasteiger partial charge in [0.1, 0.15) is 0 Å². The third-order valence-electron chi connectivity index (χ3n) is 5.11. The fourth-order valence-electron chi connectivity index (χ4n) is 3.98. The molecule has 0 saturated carbocycles. The minimum absolute atomic E-state index is 0.392. The molecule has 124 valence electrons. The number of hydrogen-bond donors (Lipinski definition) is 1. The van der Waals surface area contributed by atoms with Crippen molar-refractivity contribution in [1.29, 1.82) is 0 Å². The zero-order chi connectivity index (χ0) is 16.8. The van der Waals surface area contributed by atoms with Crippen LogP contribution >= 0.6 is 0 Å². The van der Waals surface area contributed by atoms with Gasteiger partial charge in [0.15, 0.2) is 0 Å². The monoisotopic (exact) mass is 330 g/mol. The van der Waals surface area contributed by atoms with E-state index in [1.165, 1.54) is 34.7 Å². The number of rotatable bonds is 2. The van der Waals surface area contributed by atoms with Crippen LogP contribution in [0.5, 0.6) is 6.01 Å². The number of aromatic amines is 1. The van der Waals surface area contributed by atoms with Gasteiger partial charge in [0.25, 0.3) is 0 Å². The van der Waals surface area contributed by atoms with Crippen molar-refractivity contribution < 1.29 is 4.74 Å². The Kier molecular flexibility index (Phi) is 3.20. The molecule has 4 aromatic rings. The standard InChI is InChI=1S/C20H18N4O/c1-25-20-22-10-12(11-23-20)19-14-5-3-2-4-13(14)18-15-8-9-21-16(15)6-7-17(18)24-19/h6-11,24H,2-5H2,1H3. The molecule has 5 heteroatoms. The first kappa shape index (κ1) is 14.4. The van der Waals surface area contributed by atoms with Crippen LogP contribution in [-0.2, 0) is 12.8 Å². The van der Waals surface area contributed by atoms with E-state index in [0.29, 0.717) is 6.01 Å². The molecular formula is C20H18N4O.